The number of hydrogen-bond acceptors (Lipinski definition) is 3. The molecule has 0 spiro atoms. The van der Waals surface area contributed by atoms with Crippen LogP contribution in [0.2, 0.25) is 0 Å². The van der Waals surface area contributed by atoms with Crippen molar-refractivity contribution in [3.8, 4) is 11.8 Å². The second-order valence-electron chi connectivity index (χ2n) is 4.66. The van der Waals surface area contributed by atoms with Crippen LogP contribution < -0.4 is 4.90 Å². The predicted molar refractivity (Wildman–Crippen MR) is 63.6 cm³/mol. The summed E-state index contributed by atoms with van der Waals surface area (Å²) in [6.45, 7) is -0.138. The maximum Gasteiger partial charge on any atom is 0.393 e. The molecular weight excluding hydrogens is 257 g/mol. The summed E-state index contributed by atoms with van der Waals surface area (Å²) in [7, 11) is 0. The van der Waals surface area contributed by atoms with Crippen molar-refractivity contribution in [2.45, 2.75) is 25.1 Å². The van der Waals surface area contributed by atoms with Gasteiger partial charge in [0, 0.05) is 18.3 Å². The first-order valence-corrected chi connectivity index (χ1v) is 5.91. The molecule has 2 rings (SSSR count). The fraction of sp³-hybridized carbons (Fsp3) is 0.462. The zero-order valence-electron chi connectivity index (χ0n) is 10.1. The summed E-state index contributed by atoms with van der Waals surface area (Å²) < 4.78 is 38.3. The molecule has 0 bridgehead atoms. The standard InChI is InChI=1S/C13H13F3N2O/c14-13(15,16)9-7-11(5-6-17)18(8-9)10-1-3-12(19)4-2-10/h1-4,9,11,19H,5,7-8H2/t9-,11+/m0/s1. The largest absolute Gasteiger partial charge is 0.508 e. The van der Waals surface area contributed by atoms with Gasteiger partial charge in [-0.1, -0.05) is 0 Å². The number of alkyl halides is 3. The van der Waals surface area contributed by atoms with E-state index in [9.17, 15) is 18.3 Å². The Kier molecular flexibility index (Phi) is 3.56. The van der Waals surface area contributed by atoms with Crippen LogP contribution in [0.5, 0.6) is 5.75 Å². The Balaban J connectivity index is 2.22. The van der Waals surface area contributed by atoms with E-state index in [-0.39, 0.29) is 25.1 Å². The molecule has 102 valence electrons. The summed E-state index contributed by atoms with van der Waals surface area (Å²) in [6, 6.07) is 7.50. The molecular formula is C13H13F3N2O. The third-order valence-corrected chi connectivity index (χ3v) is 3.39. The number of nitriles is 1. The first-order chi connectivity index (χ1) is 8.91. The molecule has 0 aliphatic carbocycles. The van der Waals surface area contributed by atoms with Crippen LogP contribution in [0.25, 0.3) is 0 Å². The van der Waals surface area contributed by atoms with Gasteiger partial charge in [0.05, 0.1) is 18.4 Å². The van der Waals surface area contributed by atoms with E-state index in [2.05, 4.69) is 0 Å². The van der Waals surface area contributed by atoms with Crippen molar-refractivity contribution < 1.29 is 18.3 Å². The fourth-order valence-electron chi connectivity index (χ4n) is 2.41. The van der Waals surface area contributed by atoms with Crippen LogP contribution in [0.4, 0.5) is 18.9 Å². The highest BCUT2D eigenvalue weighted by Crippen LogP contribution is 2.39. The highest BCUT2D eigenvalue weighted by molar-refractivity contribution is 5.51. The van der Waals surface area contributed by atoms with Crippen molar-refractivity contribution in [2.75, 3.05) is 11.4 Å². The Morgan fingerprint density at radius 1 is 1.32 bits per heavy atom. The second kappa shape index (κ2) is 5.00. The van der Waals surface area contributed by atoms with Gasteiger partial charge in [0.1, 0.15) is 5.75 Å². The van der Waals surface area contributed by atoms with Crippen LogP contribution in [-0.2, 0) is 0 Å². The van der Waals surface area contributed by atoms with Crippen LogP contribution in [0.15, 0.2) is 24.3 Å². The number of aromatic hydroxyl groups is 1. The lowest BCUT2D eigenvalue weighted by atomic mass is 10.0. The van der Waals surface area contributed by atoms with Gasteiger partial charge in [0.2, 0.25) is 0 Å². The van der Waals surface area contributed by atoms with Crippen molar-refractivity contribution in [3.63, 3.8) is 0 Å². The summed E-state index contributed by atoms with van der Waals surface area (Å²) in [5.74, 6) is -1.34. The molecule has 6 heteroatoms. The number of benzene rings is 1. The minimum atomic E-state index is -4.24. The summed E-state index contributed by atoms with van der Waals surface area (Å²) >= 11 is 0. The van der Waals surface area contributed by atoms with Gasteiger partial charge < -0.3 is 10.0 Å². The number of nitrogens with zero attached hydrogens (tertiary/aromatic N) is 2. The molecule has 19 heavy (non-hydrogen) atoms. The van der Waals surface area contributed by atoms with Crippen molar-refractivity contribution in [1.29, 1.82) is 5.26 Å². The lowest BCUT2D eigenvalue weighted by molar-refractivity contribution is -0.168. The number of hydrogen-bond donors (Lipinski definition) is 1. The lowest BCUT2D eigenvalue weighted by Crippen LogP contribution is -2.30. The molecule has 1 heterocycles. The van der Waals surface area contributed by atoms with Gasteiger partial charge in [-0.2, -0.15) is 18.4 Å². The molecule has 0 saturated carbocycles. The Morgan fingerprint density at radius 2 is 1.95 bits per heavy atom. The van der Waals surface area contributed by atoms with Crippen molar-refractivity contribution in [1.82, 2.24) is 0 Å². The molecule has 0 amide bonds. The molecule has 0 radical (unpaired) electrons. The maximum atomic E-state index is 12.8. The van der Waals surface area contributed by atoms with E-state index in [1.165, 1.54) is 12.1 Å². The number of rotatable bonds is 2. The molecule has 0 aromatic heterocycles. The second-order valence-corrected chi connectivity index (χ2v) is 4.66. The van der Waals surface area contributed by atoms with Gasteiger partial charge in [0.15, 0.2) is 0 Å². The zero-order chi connectivity index (χ0) is 14.0. The maximum absolute atomic E-state index is 12.8. The van der Waals surface area contributed by atoms with Crippen LogP contribution in [0.3, 0.4) is 0 Å². The lowest BCUT2D eigenvalue weighted by Gasteiger charge is -2.25. The van der Waals surface area contributed by atoms with Gasteiger partial charge in [-0.05, 0) is 30.7 Å². The van der Waals surface area contributed by atoms with Gasteiger partial charge in [-0.3, -0.25) is 0 Å². The van der Waals surface area contributed by atoms with E-state index >= 15 is 0 Å². The fourth-order valence-corrected chi connectivity index (χ4v) is 2.41. The minimum Gasteiger partial charge on any atom is -0.508 e. The summed E-state index contributed by atoms with van der Waals surface area (Å²) in [4.78, 5) is 1.60. The quantitative estimate of drug-likeness (QED) is 0.898. The minimum absolute atomic E-state index is 0.0576. The van der Waals surface area contributed by atoms with Gasteiger partial charge in [-0.15, -0.1) is 0 Å². The Morgan fingerprint density at radius 3 is 2.47 bits per heavy atom. The average Bonchev–Trinajstić information content (AvgIpc) is 2.74. The smallest absolute Gasteiger partial charge is 0.393 e. The van der Waals surface area contributed by atoms with Crippen molar-refractivity contribution in [2.24, 2.45) is 5.92 Å². The van der Waals surface area contributed by atoms with Crippen molar-refractivity contribution in [3.05, 3.63) is 24.3 Å². The topological polar surface area (TPSA) is 47.3 Å². The summed E-state index contributed by atoms with van der Waals surface area (Å²) in [5, 5.41) is 17.9. The van der Waals surface area contributed by atoms with E-state index in [4.69, 9.17) is 5.26 Å². The van der Waals surface area contributed by atoms with E-state index in [1.807, 2.05) is 6.07 Å². The summed E-state index contributed by atoms with van der Waals surface area (Å²) in [6.07, 6.45) is -4.23. The molecule has 1 aliphatic heterocycles. The van der Waals surface area contributed by atoms with Gasteiger partial charge in [0.25, 0.3) is 0 Å². The molecule has 1 aromatic carbocycles. The monoisotopic (exact) mass is 270 g/mol. The molecule has 1 fully saturated rings. The third-order valence-electron chi connectivity index (χ3n) is 3.39. The molecule has 1 aromatic rings. The molecule has 1 saturated heterocycles. The molecule has 0 unspecified atom stereocenters. The molecule has 3 nitrogen and oxygen atoms in total. The van der Waals surface area contributed by atoms with Crippen molar-refractivity contribution >= 4 is 5.69 Å². The third kappa shape index (κ3) is 2.92. The van der Waals surface area contributed by atoms with Crippen LogP contribution >= 0.6 is 0 Å². The summed E-state index contributed by atoms with van der Waals surface area (Å²) in [5.41, 5.74) is 0.602. The highest BCUT2D eigenvalue weighted by Gasteiger charge is 2.47. The Hall–Kier alpha value is -1.90. The Bertz CT molecular complexity index is 478. The molecule has 1 N–H and O–H groups in total. The average molecular weight is 270 g/mol. The van der Waals surface area contributed by atoms with Crippen LogP contribution in [0, 0.1) is 17.2 Å². The van der Waals surface area contributed by atoms with E-state index < -0.39 is 18.1 Å². The van der Waals surface area contributed by atoms with E-state index in [1.54, 1.807) is 17.0 Å². The normalized spacial score (nSPS) is 23.4. The first kappa shape index (κ1) is 13.5. The van der Waals surface area contributed by atoms with Crippen LogP contribution in [-0.4, -0.2) is 23.9 Å². The van der Waals surface area contributed by atoms with E-state index in [0.29, 0.717) is 5.69 Å². The van der Waals surface area contributed by atoms with Gasteiger partial charge in [-0.25, -0.2) is 0 Å². The van der Waals surface area contributed by atoms with Gasteiger partial charge >= 0.3 is 6.18 Å². The van der Waals surface area contributed by atoms with Crippen LogP contribution in [0.1, 0.15) is 12.8 Å². The highest BCUT2D eigenvalue weighted by atomic mass is 19.4. The molecule has 2 atom stereocenters. The molecule has 1 aliphatic rings. The number of phenols is 1. The zero-order valence-corrected chi connectivity index (χ0v) is 10.1. The number of phenolic OH excluding ortho intramolecular Hbond substituents is 1. The predicted octanol–water partition coefficient (Wildman–Crippen LogP) is 3.06. The number of halogens is 3. The first-order valence-electron chi connectivity index (χ1n) is 5.91. The number of anilines is 1. The van der Waals surface area contributed by atoms with E-state index in [0.717, 1.165) is 0 Å². The SMILES string of the molecule is N#CC[C@@H]1C[C@H](C(F)(F)F)CN1c1ccc(O)cc1. The Labute approximate surface area is 108 Å².